The fourth-order valence-corrected chi connectivity index (χ4v) is 3.98. The average Bonchev–Trinajstić information content (AvgIpc) is 3.11. The van der Waals surface area contributed by atoms with E-state index >= 15 is 0 Å². The standard InChI is InChI=1S/C23H26FN3O2/c1-23(28)11-6-12-26(16-23)14-17-15-27(18-7-4-3-5-8-18)25-22(17)20-10-9-19(29-2)13-21(20)24/h3-5,7-10,13,15,28H,6,11-12,14,16H2,1-2H3. The molecule has 5 nitrogen and oxygen atoms in total. The fourth-order valence-electron chi connectivity index (χ4n) is 3.98. The van der Waals surface area contributed by atoms with Crippen LogP contribution in [0.4, 0.5) is 4.39 Å². The Labute approximate surface area is 170 Å². The number of aromatic nitrogens is 2. The van der Waals surface area contributed by atoms with Gasteiger partial charge >= 0.3 is 0 Å². The lowest BCUT2D eigenvalue weighted by Gasteiger charge is -2.36. The van der Waals surface area contributed by atoms with Gasteiger partial charge in [-0.25, -0.2) is 9.07 Å². The van der Waals surface area contributed by atoms with Crippen molar-refractivity contribution in [2.75, 3.05) is 20.2 Å². The Hall–Kier alpha value is -2.70. The van der Waals surface area contributed by atoms with Crippen molar-refractivity contribution in [1.82, 2.24) is 14.7 Å². The maximum absolute atomic E-state index is 14.8. The highest BCUT2D eigenvalue weighted by molar-refractivity contribution is 5.65. The summed E-state index contributed by atoms with van der Waals surface area (Å²) in [7, 11) is 1.52. The van der Waals surface area contributed by atoms with Gasteiger partial charge in [-0.2, -0.15) is 5.10 Å². The molecule has 1 fully saturated rings. The van der Waals surface area contributed by atoms with Gasteiger partial charge in [0.05, 0.1) is 18.4 Å². The molecule has 1 N–H and O–H groups in total. The van der Waals surface area contributed by atoms with Gasteiger partial charge < -0.3 is 9.84 Å². The molecule has 0 aliphatic carbocycles. The predicted molar refractivity (Wildman–Crippen MR) is 111 cm³/mol. The number of hydrogen-bond donors (Lipinski definition) is 1. The Morgan fingerprint density at radius 3 is 2.69 bits per heavy atom. The van der Waals surface area contributed by atoms with Crippen molar-refractivity contribution in [3.63, 3.8) is 0 Å². The van der Waals surface area contributed by atoms with E-state index in [0.29, 0.717) is 30.1 Å². The first-order chi connectivity index (χ1) is 13.9. The molecule has 29 heavy (non-hydrogen) atoms. The summed E-state index contributed by atoms with van der Waals surface area (Å²) < 4.78 is 21.8. The van der Waals surface area contributed by atoms with E-state index in [9.17, 15) is 9.50 Å². The van der Waals surface area contributed by atoms with Crippen molar-refractivity contribution >= 4 is 0 Å². The zero-order valence-electron chi connectivity index (χ0n) is 16.8. The molecule has 4 rings (SSSR count). The zero-order chi connectivity index (χ0) is 20.4. The third-order valence-corrected chi connectivity index (χ3v) is 5.39. The molecule has 3 aromatic rings. The molecule has 0 amide bonds. The molecule has 1 aliphatic heterocycles. The van der Waals surface area contributed by atoms with E-state index in [4.69, 9.17) is 9.84 Å². The number of methoxy groups -OCH3 is 1. The fraction of sp³-hybridized carbons (Fsp3) is 0.348. The van der Waals surface area contributed by atoms with Crippen LogP contribution in [0.2, 0.25) is 0 Å². The van der Waals surface area contributed by atoms with Crippen LogP contribution < -0.4 is 4.74 Å². The van der Waals surface area contributed by atoms with Crippen LogP contribution in [-0.4, -0.2) is 45.6 Å². The second kappa shape index (κ2) is 7.97. The lowest BCUT2D eigenvalue weighted by atomic mass is 9.94. The van der Waals surface area contributed by atoms with Crippen LogP contribution in [0, 0.1) is 5.82 Å². The van der Waals surface area contributed by atoms with Gasteiger partial charge in [-0.3, -0.25) is 4.90 Å². The van der Waals surface area contributed by atoms with E-state index in [1.54, 1.807) is 16.8 Å². The Balaban J connectivity index is 1.73. The normalized spacial score (nSPS) is 20.0. The van der Waals surface area contributed by atoms with Crippen molar-refractivity contribution in [2.24, 2.45) is 0 Å². The predicted octanol–water partition coefficient (Wildman–Crippen LogP) is 4.03. The molecule has 1 saturated heterocycles. The minimum Gasteiger partial charge on any atom is -0.497 e. The molecular weight excluding hydrogens is 369 g/mol. The monoisotopic (exact) mass is 395 g/mol. The molecule has 0 radical (unpaired) electrons. The number of hydrogen-bond acceptors (Lipinski definition) is 4. The first kappa shape index (κ1) is 19.6. The van der Waals surface area contributed by atoms with Gasteiger partial charge in [0, 0.05) is 36.5 Å². The summed E-state index contributed by atoms with van der Waals surface area (Å²) in [6, 6.07) is 14.6. The summed E-state index contributed by atoms with van der Waals surface area (Å²) in [5.74, 6) is 0.108. The maximum Gasteiger partial charge on any atom is 0.136 e. The minimum atomic E-state index is -0.695. The van der Waals surface area contributed by atoms with Gasteiger partial charge in [0.25, 0.3) is 0 Å². The summed E-state index contributed by atoms with van der Waals surface area (Å²) in [6.45, 7) is 3.96. The highest BCUT2D eigenvalue weighted by Gasteiger charge is 2.29. The molecule has 1 aliphatic rings. The number of β-amino-alcohol motifs (C(OH)–C–C–N with tert-alkyl or cyclic N) is 1. The summed E-state index contributed by atoms with van der Waals surface area (Å²) in [6.07, 6.45) is 3.69. The Kier molecular flexibility index (Phi) is 5.39. The van der Waals surface area contributed by atoms with Crippen LogP contribution in [0.3, 0.4) is 0 Å². The second-order valence-corrected chi connectivity index (χ2v) is 7.94. The third kappa shape index (κ3) is 4.33. The Bertz CT molecular complexity index is 985. The highest BCUT2D eigenvalue weighted by Crippen LogP contribution is 2.31. The van der Waals surface area contributed by atoms with E-state index < -0.39 is 5.60 Å². The second-order valence-electron chi connectivity index (χ2n) is 7.94. The number of likely N-dealkylation sites (tertiary alicyclic amines) is 1. The van der Waals surface area contributed by atoms with Crippen LogP contribution in [0.5, 0.6) is 5.75 Å². The van der Waals surface area contributed by atoms with Crippen molar-refractivity contribution in [3.05, 3.63) is 66.1 Å². The van der Waals surface area contributed by atoms with Gasteiger partial charge in [0.1, 0.15) is 17.3 Å². The first-order valence-corrected chi connectivity index (χ1v) is 9.88. The minimum absolute atomic E-state index is 0.366. The van der Waals surface area contributed by atoms with Gasteiger partial charge in [-0.1, -0.05) is 18.2 Å². The molecule has 2 heterocycles. The van der Waals surface area contributed by atoms with E-state index in [1.807, 2.05) is 43.5 Å². The first-order valence-electron chi connectivity index (χ1n) is 9.88. The van der Waals surface area contributed by atoms with E-state index in [1.165, 1.54) is 13.2 Å². The van der Waals surface area contributed by atoms with Gasteiger partial charge in [-0.05, 0) is 50.6 Å². The number of benzene rings is 2. The number of aliphatic hydroxyl groups is 1. The summed E-state index contributed by atoms with van der Waals surface area (Å²) in [5, 5.41) is 15.2. The topological polar surface area (TPSA) is 50.5 Å². The molecule has 0 bridgehead atoms. The molecule has 0 saturated carbocycles. The molecule has 2 aromatic carbocycles. The Morgan fingerprint density at radius 2 is 2.00 bits per heavy atom. The molecular formula is C23H26FN3O2. The maximum atomic E-state index is 14.8. The summed E-state index contributed by atoms with van der Waals surface area (Å²) in [4.78, 5) is 2.21. The van der Waals surface area contributed by atoms with Crippen LogP contribution in [0.1, 0.15) is 25.3 Å². The SMILES string of the molecule is COc1ccc(-c2nn(-c3ccccc3)cc2CN2CCCC(C)(O)C2)c(F)c1. The lowest BCUT2D eigenvalue weighted by Crippen LogP contribution is -2.45. The van der Waals surface area contributed by atoms with Crippen molar-refractivity contribution in [1.29, 1.82) is 0 Å². The molecule has 1 aromatic heterocycles. The van der Waals surface area contributed by atoms with Crippen LogP contribution in [0.25, 0.3) is 16.9 Å². The molecule has 1 unspecified atom stereocenters. The van der Waals surface area contributed by atoms with E-state index in [0.717, 1.165) is 30.6 Å². The number of rotatable bonds is 5. The molecule has 152 valence electrons. The van der Waals surface area contributed by atoms with Gasteiger partial charge in [-0.15, -0.1) is 0 Å². The number of halogens is 1. The summed E-state index contributed by atoms with van der Waals surface area (Å²) in [5.41, 5.74) is 2.20. The van der Waals surface area contributed by atoms with Crippen LogP contribution >= 0.6 is 0 Å². The number of nitrogens with zero attached hydrogens (tertiary/aromatic N) is 3. The third-order valence-electron chi connectivity index (χ3n) is 5.39. The number of piperidine rings is 1. The summed E-state index contributed by atoms with van der Waals surface area (Å²) >= 11 is 0. The molecule has 0 spiro atoms. The molecule has 1 atom stereocenters. The average molecular weight is 395 g/mol. The van der Waals surface area contributed by atoms with Crippen LogP contribution in [0.15, 0.2) is 54.7 Å². The molecule has 6 heteroatoms. The quantitative estimate of drug-likeness (QED) is 0.709. The largest absolute Gasteiger partial charge is 0.497 e. The zero-order valence-corrected chi connectivity index (χ0v) is 16.8. The van der Waals surface area contributed by atoms with Crippen molar-refractivity contribution in [3.8, 4) is 22.7 Å². The van der Waals surface area contributed by atoms with Crippen LogP contribution in [-0.2, 0) is 6.54 Å². The van der Waals surface area contributed by atoms with Gasteiger partial charge in [0.2, 0.25) is 0 Å². The smallest absolute Gasteiger partial charge is 0.136 e. The highest BCUT2D eigenvalue weighted by atomic mass is 19.1. The Morgan fingerprint density at radius 1 is 1.21 bits per heavy atom. The number of ether oxygens (including phenoxy) is 1. The van der Waals surface area contributed by atoms with E-state index in [2.05, 4.69) is 4.90 Å². The number of para-hydroxylation sites is 1. The van der Waals surface area contributed by atoms with Gasteiger partial charge in [0.15, 0.2) is 0 Å². The van der Waals surface area contributed by atoms with Crippen molar-refractivity contribution < 1.29 is 14.2 Å². The van der Waals surface area contributed by atoms with Crippen molar-refractivity contribution in [2.45, 2.75) is 31.9 Å². The van der Waals surface area contributed by atoms with E-state index in [-0.39, 0.29) is 5.82 Å². The lowest BCUT2D eigenvalue weighted by molar-refractivity contribution is -0.0181.